The van der Waals surface area contributed by atoms with Gasteiger partial charge < -0.3 is 9.84 Å². The highest BCUT2D eigenvalue weighted by Gasteiger charge is 2.70. The molecule has 0 aromatic rings. The molecule has 36 heavy (non-hydrogen) atoms. The van der Waals surface area contributed by atoms with E-state index in [1.807, 2.05) is 6.92 Å². The number of ether oxygens (including phenoxy) is 1. The third-order valence-electron chi connectivity index (χ3n) is 13.8. The van der Waals surface area contributed by atoms with Gasteiger partial charge in [0.05, 0.1) is 0 Å². The lowest BCUT2D eigenvalue weighted by atomic mass is 9.33. The van der Waals surface area contributed by atoms with Crippen LogP contribution in [0.1, 0.15) is 113 Å². The Kier molecular flexibility index (Phi) is 5.91. The van der Waals surface area contributed by atoms with Crippen LogP contribution >= 0.6 is 0 Å². The lowest BCUT2D eigenvalue weighted by Gasteiger charge is -2.71. The summed E-state index contributed by atoms with van der Waals surface area (Å²) < 4.78 is 5.69. The van der Waals surface area contributed by atoms with Gasteiger partial charge in [-0.3, -0.25) is 9.59 Å². The first-order valence-corrected chi connectivity index (χ1v) is 14.8. The summed E-state index contributed by atoms with van der Waals surface area (Å²) >= 11 is 0. The average molecular weight is 499 g/mol. The summed E-state index contributed by atoms with van der Waals surface area (Å²) in [7, 11) is 0. The van der Waals surface area contributed by atoms with E-state index in [2.05, 4.69) is 47.6 Å². The molecule has 11 atom stereocenters. The number of carbonyl (C=O) groups excluding carboxylic acids is 1. The third-order valence-corrected chi connectivity index (χ3v) is 13.8. The highest BCUT2D eigenvalue weighted by atomic mass is 16.5. The first kappa shape index (κ1) is 26.3. The van der Waals surface area contributed by atoms with Crippen LogP contribution in [0.3, 0.4) is 0 Å². The number of hydrogen-bond donors (Lipinski definition) is 1. The number of carbonyl (C=O) groups is 2. The predicted molar refractivity (Wildman–Crippen MR) is 142 cm³/mol. The van der Waals surface area contributed by atoms with E-state index >= 15 is 0 Å². The molecule has 202 valence electrons. The van der Waals surface area contributed by atoms with Gasteiger partial charge in [0.1, 0.15) is 11.5 Å². The number of hydrogen-bond acceptors (Lipinski definition) is 3. The van der Waals surface area contributed by atoms with Gasteiger partial charge in [0, 0.05) is 6.92 Å². The minimum absolute atomic E-state index is 0.0136. The van der Waals surface area contributed by atoms with Crippen molar-refractivity contribution < 1.29 is 19.4 Å². The normalized spacial score (nSPS) is 54.2. The molecule has 4 fully saturated rings. The smallest absolute Gasteiger partial charge is 0.313 e. The second-order valence-corrected chi connectivity index (χ2v) is 15.0. The van der Waals surface area contributed by atoms with E-state index in [0.29, 0.717) is 23.7 Å². The van der Waals surface area contributed by atoms with E-state index in [1.165, 1.54) is 32.6 Å². The van der Waals surface area contributed by atoms with Crippen LogP contribution in [0, 0.1) is 56.7 Å². The summed E-state index contributed by atoms with van der Waals surface area (Å²) in [6.07, 6.45) is 12.0. The molecule has 4 saturated carbocycles. The van der Waals surface area contributed by atoms with Crippen molar-refractivity contribution >= 4 is 11.9 Å². The largest absolute Gasteiger partial charge is 0.481 e. The van der Waals surface area contributed by atoms with Gasteiger partial charge in [0.15, 0.2) is 0 Å². The molecule has 0 amide bonds. The first-order chi connectivity index (χ1) is 16.6. The van der Waals surface area contributed by atoms with Gasteiger partial charge in [-0.15, -0.1) is 0 Å². The summed E-state index contributed by atoms with van der Waals surface area (Å²) in [6.45, 7) is 18.4. The van der Waals surface area contributed by atoms with E-state index in [4.69, 9.17) is 4.74 Å². The molecule has 0 saturated heterocycles. The van der Waals surface area contributed by atoms with Crippen molar-refractivity contribution in [2.75, 3.05) is 0 Å². The van der Waals surface area contributed by atoms with Crippen LogP contribution in [0.15, 0.2) is 11.6 Å². The van der Waals surface area contributed by atoms with Crippen molar-refractivity contribution in [1.82, 2.24) is 0 Å². The zero-order valence-electron chi connectivity index (χ0n) is 24.1. The maximum absolute atomic E-state index is 12.9. The molecule has 0 heterocycles. The topological polar surface area (TPSA) is 63.6 Å². The zero-order valence-corrected chi connectivity index (χ0v) is 24.1. The molecule has 0 radical (unpaired) electrons. The lowest BCUT2D eigenvalue weighted by Crippen LogP contribution is -2.66. The van der Waals surface area contributed by atoms with Crippen LogP contribution in [-0.2, 0) is 14.3 Å². The van der Waals surface area contributed by atoms with Gasteiger partial charge in [0.25, 0.3) is 0 Å². The summed E-state index contributed by atoms with van der Waals surface area (Å²) in [6, 6.07) is 0. The molecule has 5 rings (SSSR count). The van der Waals surface area contributed by atoms with Crippen LogP contribution < -0.4 is 0 Å². The molecular weight excluding hydrogens is 448 g/mol. The van der Waals surface area contributed by atoms with E-state index in [0.717, 1.165) is 37.5 Å². The zero-order chi connectivity index (χ0) is 26.5. The Hall–Kier alpha value is -1.32. The minimum Gasteiger partial charge on any atom is -0.481 e. The molecule has 5 aliphatic carbocycles. The monoisotopic (exact) mass is 498 g/mol. The average Bonchev–Trinajstić information content (AvgIpc) is 2.79. The number of carboxylic acid groups (broad SMARTS) is 1. The van der Waals surface area contributed by atoms with Crippen LogP contribution in [0.4, 0.5) is 0 Å². The molecule has 0 bridgehead atoms. The van der Waals surface area contributed by atoms with Crippen molar-refractivity contribution in [2.24, 2.45) is 56.7 Å². The van der Waals surface area contributed by atoms with Crippen LogP contribution in [0.25, 0.3) is 0 Å². The number of esters is 1. The summed E-state index contributed by atoms with van der Waals surface area (Å²) in [5.41, 5.74) is 1.40. The highest BCUT2D eigenvalue weighted by molar-refractivity contribution is 5.77. The number of allylic oxidation sites excluding steroid dienone is 2. The van der Waals surface area contributed by atoms with E-state index in [9.17, 15) is 14.7 Å². The van der Waals surface area contributed by atoms with Crippen molar-refractivity contribution in [3.8, 4) is 0 Å². The van der Waals surface area contributed by atoms with Crippen molar-refractivity contribution in [2.45, 2.75) is 119 Å². The van der Waals surface area contributed by atoms with Crippen molar-refractivity contribution in [3.63, 3.8) is 0 Å². The van der Waals surface area contributed by atoms with Gasteiger partial charge in [-0.2, -0.15) is 0 Å². The Morgan fingerprint density at radius 2 is 1.61 bits per heavy atom. The van der Waals surface area contributed by atoms with Crippen LogP contribution in [0.2, 0.25) is 0 Å². The van der Waals surface area contributed by atoms with Crippen LogP contribution in [0.5, 0.6) is 0 Å². The van der Waals surface area contributed by atoms with E-state index < -0.39 is 17.5 Å². The van der Waals surface area contributed by atoms with Crippen molar-refractivity contribution in [3.05, 3.63) is 11.6 Å². The fraction of sp³-hybridized carbons (Fsp3) is 0.875. The van der Waals surface area contributed by atoms with E-state index in [-0.39, 0.29) is 28.1 Å². The first-order valence-electron chi connectivity index (χ1n) is 14.8. The highest BCUT2D eigenvalue weighted by Crippen LogP contribution is 2.75. The molecule has 0 aliphatic heterocycles. The quantitative estimate of drug-likeness (QED) is 0.313. The van der Waals surface area contributed by atoms with Crippen molar-refractivity contribution in [1.29, 1.82) is 0 Å². The Morgan fingerprint density at radius 3 is 2.25 bits per heavy atom. The maximum Gasteiger partial charge on any atom is 0.313 e. The SMILES string of the molecule is CC(=O)O[C@@H]1CC[C@@]2(C)[C@H](CC[C@]3(C)[C@H]2CC=C2[C@@H]4[C@@H](C)[C@H](C)CC[C@]4(C)CC[C@]23C)[C@@]1(C)C(=O)O. The second-order valence-electron chi connectivity index (χ2n) is 15.0. The molecule has 4 nitrogen and oxygen atoms in total. The van der Waals surface area contributed by atoms with Gasteiger partial charge in [-0.25, -0.2) is 0 Å². The standard InChI is InChI=1S/C32H50O4/c1-19-11-14-28(4)17-18-30(6)22(26(28)20(19)2)9-10-23-29(5)15-13-25(36-21(3)33)32(8,27(34)35)24(29)12-16-31(23,30)7/h9,19-20,23-26H,10-18H2,1-8H3,(H,34,35)/t19-,20+,23+,24+,25-,26+,28-,29-,30-,31-,32-/m1/s1. The Bertz CT molecular complexity index is 985. The van der Waals surface area contributed by atoms with Crippen LogP contribution in [-0.4, -0.2) is 23.1 Å². The number of carboxylic acids is 1. The molecule has 1 N–H and O–H groups in total. The number of fused-ring (bicyclic) bond motifs is 7. The molecule has 0 aromatic carbocycles. The molecule has 0 aromatic heterocycles. The molecule has 5 aliphatic rings. The van der Waals surface area contributed by atoms with Gasteiger partial charge in [-0.05, 0) is 116 Å². The molecular formula is C32H50O4. The summed E-state index contributed by atoms with van der Waals surface area (Å²) in [4.78, 5) is 24.8. The second kappa shape index (κ2) is 8.09. The third kappa shape index (κ3) is 3.17. The predicted octanol–water partition coefficient (Wildman–Crippen LogP) is 7.66. The number of rotatable bonds is 2. The Morgan fingerprint density at radius 1 is 0.917 bits per heavy atom. The summed E-state index contributed by atoms with van der Waals surface area (Å²) in [5, 5.41) is 10.5. The lowest BCUT2D eigenvalue weighted by molar-refractivity contribution is -0.223. The Balaban J connectivity index is 1.57. The van der Waals surface area contributed by atoms with Gasteiger partial charge >= 0.3 is 11.9 Å². The fourth-order valence-electron chi connectivity index (χ4n) is 11.2. The maximum atomic E-state index is 12.9. The molecule has 0 spiro atoms. The fourth-order valence-corrected chi connectivity index (χ4v) is 11.2. The van der Waals surface area contributed by atoms with E-state index in [1.54, 1.807) is 5.57 Å². The Labute approximate surface area is 219 Å². The molecule has 0 unspecified atom stereocenters. The number of aliphatic carboxylic acids is 1. The minimum atomic E-state index is -1.04. The van der Waals surface area contributed by atoms with Gasteiger partial charge in [-0.1, -0.05) is 53.2 Å². The summed E-state index contributed by atoms with van der Waals surface area (Å²) in [5.74, 6) is 1.47. The van der Waals surface area contributed by atoms with Gasteiger partial charge in [0.2, 0.25) is 0 Å². The molecule has 4 heteroatoms.